The molecule has 21 heavy (non-hydrogen) atoms. The van der Waals surface area contributed by atoms with E-state index in [1.165, 1.54) is 12.3 Å². The molecule has 0 spiro atoms. The summed E-state index contributed by atoms with van der Waals surface area (Å²) in [6.07, 6.45) is 2.35. The summed E-state index contributed by atoms with van der Waals surface area (Å²) in [7, 11) is 1.91. The molecular weight excluding hydrogens is 294 g/mol. The fourth-order valence-corrected chi connectivity index (χ4v) is 3.23. The smallest absolute Gasteiger partial charge is 0.289 e. The summed E-state index contributed by atoms with van der Waals surface area (Å²) in [5, 5.41) is 11.0. The van der Waals surface area contributed by atoms with Crippen LogP contribution in [0.25, 0.3) is 0 Å². The molecule has 1 heterocycles. The Hall–Kier alpha value is -1.40. The quantitative estimate of drug-likeness (QED) is 0.616. The highest BCUT2D eigenvalue weighted by Crippen LogP contribution is 2.47. The number of anilines is 1. The van der Waals surface area contributed by atoms with Gasteiger partial charge < -0.3 is 9.64 Å². The number of pyridine rings is 1. The molecular formula is C14H20ClN3O3. The van der Waals surface area contributed by atoms with Gasteiger partial charge in [-0.3, -0.25) is 10.1 Å². The van der Waals surface area contributed by atoms with Crippen LogP contribution in [0, 0.1) is 15.5 Å². The van der Waals surface area contributed by atoms with Crippen LogP contribution in [0.2, 0.25) is 5.02 Å². The average Bonchev–Trinajstić information content (AvgIpc) is 2.42. The zero-order valence-corrected chi connectivity index (χ0v) is 13.4. The molecule has 0 radical (unpaired) electrons. The van der Waals surface area contributed by atoms with Gasteiger partial charge in [-0.05, 0) is 13.3 Å². The number of ether oxygens (including phenoxy) is 1. The number of hydrogen-bond acceptors (Lipinski definition) is 5. The number of nitrogens with zero attached hydrogens (tertiary/aromatic N) is 3. The Morgan fingerprint density at radius 2 is 2.29 bits per heavy atom. The van der Waals surface area contributed by atoms with Gasteiger partial charge in [0.05, 0.1) is 16.0 Å². The predicted molar refractivity (Wildman–Crippen MR) is 81.9 cm³/mol. The summed E-state index contributed by atoms with van der Waals surface area (Å²) in [6, 6.07) is 1.58. The van der Waals surface area contributed by atoms with Crippen LogP contribution in [0.15, 0.2) is 12.3 Å². The monoisotopic (exact) mass is 313 g/mol. The second-order valence-corrected chi connectivity index (χ2v) is 6.29. The minimum Gasteiger partial charge on any atom is -0.378 e. The van der Waals surface area contributed by atoms with Gasteiger partial charge in [0.15, 0.2) is 0 Å². The van der Waals surface area contributed by atoms with Crippen LogP contribution >= 0.6 is 11.6 Å². The summed E-state index contributed by atoms with van der Waals surface area (Å²) >= 11 is 6.14. The molecule has 6 nitrogen and oxygen atoms in total. The molecule has 116 valence electrons. The lowest BCUT2D eigenvalue weighted by atomic mass is 9.64. The molecule has 1 fully saturated rings. The van der Waals surface area contributed by atoms with Crippen molar-refractivity contribution in [2.75, 3.05) is 18.6 Å². The Balaban J connectivity index is 2.18. The van der Waals surface area contributed by atoms with Gasteiger partial charge in [-0.25, -0.2) is 4.98 Å². The molecule has 0 N–H and O–H groups in total. The van der Waals surface area contributed by atoms with Gasteiger partial charge >= 0.3 is 0 Å². The van der Waals surface area contributed by atoms with Gasteiger partial charge in [0.25, 0.3) is 5.69 Å². The second-order valence-electron chi connectivity index (χ2n) is 5.88. The lowest BCUT2D eigenvalue weighted by molar-refractivity contribution is -0.385. The molecule has 1 aliphatic rings. The third-order valence-corrected chi connectivity index (χ3v) is 4.59. The van der Waals surface area contributed by atoms with Crippen molar-refractivity contribution >= 4 is 23.1 Å². The van der Waals surface area contributed by atoms with Crippen molar-refractivity contribution in [3.8, 4) is 0 Å². The molecule has 7 heteroatoms. The number of nitro groups is 1. The molecule has 1 aromatic heterocycles. The Morgan fingerprint density at radius 3 is 2.76 bits per heavy atom. The zero-order valence-electron chi connectivity index (χ0n) is 12.7. The van der Waals surface area contributed by atoms with Gasteiger partial charge in [-0.1, -0.05) is 25.4 Å². The maximum absolute atomic E-state index is 10.7. The maximum Gasteiger partial charge on any atom is 0.289 e. The average molecular weight is 314 g/mol. The number of halogens is 1. The lowest BCUT2D eigenvalue weighted by Crippen LogP contribution is -2.61. The number of aromatic nitrogens is 1. The Morgan fingerprint density at radius 1 is 1.62 bits per heavy atom. The van der Waals surface area contributed by atoms with E-state index in [-0.39, 0.29) is 23.2 Å². The summed E-state index contributed by atoms with van der Waals surface area (Å²) in [6.45, 7) is 6.98. The highest BCUT2D eigenvalue weighted by atomic mass is 35.5. The van der Waals surface area contributed by atoms with Gasteiger partial charge in [0, 0.05) is 31.2 Å². The summed E-state index contributed by atoms with van der Waals surface area (Å²) < 4.78 is 5.72. The van der Waals surface area contributed by atoms with E-state index in [1.807, 2.05) is 18.9 Å². The fourth-order valence-electron chi connectivity index (χ4n) is 2.93. The molecule has 2 atom stereocenters. The van der Waals surface area contributed by atoms with E-state index in [4.69, 9.17) is 16.3 Å². The van der Waals surface area contributed by atoms with Crippen LogP contribution < -0.4 is 4.90 Å². The third kappa shape index (κ3) is 2.82. The van der Waals surface area contributed by atoms with E-state index in [0.29, 0.717) is 17.4 Å². The van der Waals surface area contributed by atoms with Crippen molar-refractivity contribution in [2.45, 2.75) is 39.3 Å². The number of hydrogen-bond donors (Lipinski definition) is 0. The SMILES string of the molecule is CCOC1CC(N(C)c2ncc([N+](=O)[O-])cc2Cl)C1(C)C. The van der Waals surface area contributed by atoms with Crippen molar-refractivity contribution in [1.82, 2.24) is 4.98 Å². The third-order valence-electron chi connectivity index (χ3n) is 4.31. The maximum atomic E-state index is 10.7. The topological polar surface area (TPSA) is 68.5 Å². The molecule has 0 bridgehead atoms. The Bertz CT molecular complexity index is 550. The molecule has 0 saturated heterocycles. The van der Waals surface area contributed by atoms with Crippen molar-refractivity contribution in [3.63, 3.8) is 0 Å². The van der Waals surface area contributed by atoms with Crippen molar-refractivity contribution in [1.29, 1.82) is 0 Å². The first-order chi connectivity index (χ1) is 9.78. The Kier molecular flexibility index (Phi) is 4.39. The van der Waals surface area contributed by atoms with Crippen LogP contribution in [-0.4, -0.2) is 35.7 Å². The molecule has 1 aromatic rings. The van der Waals surface area contributed by atoms with E-state index in [1.54, 1.807) is 0 Å². The summed E-state index contributed by atoms with van der Waals surface area (Å²) in [4.78, 5) is 16.4. The van der Waals surface area contributed by atoms with E-state index in [9.17, 15) is 10.1 Å². The van der Waals surface area contributed by atoms with Gasteiger partial charge in [0.2, 0.25) is 0 Å². The van der Waals surface area contributed by atoms with Crippen LogP contribution in [0.4, 0.5) is 11.5 Å². The van der Waals surface area contributed by atoms with Gasteiger partial charge in [-0.2, -0.15) is 0 Å². The molecule has 0 aromatic carbocycles. The van der Waals surface area contributed by atoms with Crippen LogP contribution in [-0.2, 0) is 4.74 Å². The first kappa shape index (κ1) is 16.0. The van der Waals surface area contributed by atoms with E-state index in [2.05, 4.69) is 18.8 Å². The van der Waals surface area contributed by atoms with E-state index < -0.39 is 4.92 Å². The highest BCUT2D eigenvalue weighted by Gasteiger charge is 2.51. The molecule has 2 rings (SSSR count). The molecule has 0 aliphatic heterocycles. The predicted octanol–water partition coefficient (Wildman–Crippen LogP) is 3.28. The minimum atomic E-state index is -0.499. The van der Waals surface area contributed by atoms with Gasteiger partial charge in [0.1, 0.15) is 12.0 Å². The standard InChI is InChI=1S/C14H20ClN3O3/c1-5-21-12-7-11(14(12,2)3)17(4)13-10(15)6-9(8-16-13)18(19)20/h6,8,11-12H,5,7H2,1-4H3. The summed E-state index contributed by atoms with van der Waals surface area (Å²) in [5.41, 5.74) is -0.116. The van der Waals surface area contributed by atoms with E-state index in [0.717, 1.165) is 6.42 Å². The van der Waals surface area contributed by atoms with Crippen molar-refractivity contribution < 1.29 is 9.66 Å². The fraction of sp³-hybridized carbons (Fsp3) is 0.643. The minimum absolute atomic E-state index is 0.0163. The lowest BCUT2D eigenvalue weighted by Gasteiger charge is -2.55. The molecule has 1 aliphatic carbocycles. The van der Waals surface area contributed by atoms with Crippen LogP contribution in [0.1, 0.15) is 27.2 Å². The largest absolute Gasteiger partial charge is 0.378 e. The van der Waals surface area contributed by atoms with Crippen LogP contribution in [0.5, 0.6) is 0 Å². The van der Waals surface area contributed by atoms with E-state index >= 15 is 0 Å². The first-order valence-electron chi connectivity index (χ1n) is 6.93. The van der Waals surface area contributed by atoms with Crippen molar-refractivity contribution in [2.24, 2.45) is 5.41 Å². The zero-order chi connectivity index (χ0) is 15.8. The molecule has 1 saturated carbocycles. The van der Waals surface area contributed by atoms with Gasteiger partial charge in [-0.15, -0.1) is 0 Å². The second kappa shape index (κ2) is 5.77. The Labute approximate surface area is 129 Å². The summed E-state index contributed by atoms with van der Waals surface area (Å²) in [5.74, 6) is 0.565. The molecule has 2 unspecified atom stereocenters. The normalized spacial score (nSPS) is 23.5. The highest BCUT2D eigenvalue weighted by molar-refractivity contribution is 6.33. The molecule has 0 amide bonds. The first-order valence-corrected chi connectivity index (χ1v) is 7.31. The van der Waals surface area contributed by atoms with Crippen molar-refractivity contribution in [3.05, 3.63) is 27.4 Å². The van der Waals surface area contributed by atoms with Crippen LogP contribution in [0.3, 0.4) is 0 Å². The number of rotatable bonds is 5.